The normalized spacial score (nSPS) is 11.0. The lowest BCUT2D eigenvalue weighted by Crippen LogP contribution is -2.15. The molecule has 1 amide bonds. The number of nitrogens with one attached hydrogen (secondary N) is 1. The van der Waals surface area contributed by atoms with E-state index in [0.717, 1.165) is 27.2 Å². The van der Waals surface area contributed by atoms with E-state index in [2.05, 4.69) is 36.4 Å². The highest BCUT2D eigenvalue weighted by atomic mass is 32.1. The summed E-state index contributed by atoms with van der Waals surface area (Å²) < 4.78 is 8.60. The molecule has 0 saturated carbocycles. The Hall–Kier alpha value is -3.97. The maximum Gasteiger partial charge on any atom is 0.256 e. The van der Waals surface area contributed by atoms with Gasteiger partial charge >= 0.3 is 0 Å². The Kier molecular flexibility index (Phi) is 5.40. The molecule has 0 aliphatic rings. The Morgan fingerprint density at radius 2 is 1.67 bits per heavy atom. The zero-order valence-electron chi connectivity index (χ0n) is 18.5. The van der Waals surface area contributed by atoms with E-state index in [1.165, 1.54) is 5.56 Å². The monoisotopic (exact) mass is 454 g/mol. The minimum atomic E-state index is -0.226. The van der Waals surface area contributed by atoms with Crippen molar-refractivity contribution in [3.63, 3.8) is 0 Å². The predicted molar refractivity (Wildman–Crippen MR) is 132 cm³/mol. The second kappa shape index (κ2) is 8.52. The fourth-order valence-electron chi connectivity index (χ4n) is 3.67. The molecule has 1 N–H and O–H groups in total. The van der Waals surface area contributed by atoms with Crippen molar-refractivity contribution in [2.75, 3.05) is 5.32 Å². The van der Waals surface area contributed by atoms with E-state index in [0.29, 0.717) is 22.3 Å². The van der Waals surface area contributed by atoms with Gasteiger partial charge in [-0.3, -0.25) is 4.79 Å². The largest absolute Gasteiger partial charge is 0.457 e. The first kappa shape index (κ1) is 20.9. The van der Waals surface area contributed by atoms with Crippen molar-refractivity contribution < 1.29 is 9.53 Å². The number of fused-ring (bicyclic) bond motifs is 1. The summed E-state index contributed by atoms with van der Waals surface area (Å²) in [6, 6.07) is 22.7. The van der Waals surface area contributed by atoms with Crippen LogP contribution in [0.4, 0.5) is 5.82 Å². The fraction of sp³-hybridized carbons (Fsp3) is 0.115. The summed E-state index contributed by atoms with van der Waals surface area (Å²) in [6.07, 6.45) is 0. The molecule has 3 aromatic carbocycles. The Morgan fingerprint density at radius 1 is 0.939 bits per heavy atom. The van der Waals surface area contributed by atoms with Crippen LogP contribution in [-0.4, -0.2) is 20.7 Å². The van der Waals surface area contributed by atoms with Crippen LogP contribution in [0.1, 0.15) is 27.2 Å². The molecule has 0 aliphatic heterocycles. The van der Waals surface area contributed by atoms with Gasteiger partial charge < -0.3 is 10.1 Å². The van der Waals surface area contributed by atoms with Gasteiger partial charge in [-0.1, -0.05) is 35.6 Å². The number of aromatic nitrogens is 3. The van der Waals surface area contributed by atoms with Crippen LogP contribution >= 0.6 is 11.3 Å². The number of carbonyl (C=O) groups excluding carboxylic acids is 1. The van der Waals surface area contributed by atoms with Gasteiger partial charge in [0.15, 0.2) is 0 Å². The van der Waals surface area contributed by atoms with E-state index in [1.807, 2.05) is 43.3 Å². The first-order valence-electron chi connectivity index (χ1n) is 10.6. The fourth-order valence-corrected chi connectivity index (χ4v) is 4.78. The van der Waals surface area contributed by atoms with Gasteiger partial charge in [-0.2, -0.15) is 9.78 Å². The van der Waals surface area contributed by atoms with Gasteiger partial charge in [-0.05, 0) is 74.4 Å². The van der Waals surface area contributed by atoms with E-state index >= 15 is 0 Å². The molecule has 2 aromatic heterocycles. The summed E-state index contributed by atoms with van der Waals surface area (Å²) in [7, 11) is 0. The number of ether oxygens (including phenoxy) is 1. The zero-order chi connectivity index (χ0) is 22.9. The van der Waals surface area contributed by atoms with E-state index in [1.54, 1.807) is 40.3 Å². The van der Waals surface area contributed by atoms with Crippen LogP contribution in [0.3, 0.4) is 0 Å². The number of thiazole rings is 1. The van der Waals surface area contributed by atoms with Crippen LogP contribution in [0.2, 0.25) is 0 Å². The van der Waals surface area contributed by atoms with Crippen molar-refractivity contribution in [1.29, 1.82) is 0 Å². The zero-order valence-corrected chi connectivity index (χ0v) is 19.3. The number of amides is 1. The molecular weight excluding hydrogens is 432 g/mol. The second-order valence-corrected chi connectivity index (χ2v) is 8.91. The van der Waals surface area contributed by atoms with E-state index in [9.17, 15) is 4.79 Å². The molecule has 6 nitrogen and oxygen atoms in total. The lowest BCUT2D eigenvalue weighted by Gasteiger charge is -2.08. The summed E-state index contributed by atoms with van der Waals surface area (Å²) in [5, 5.41) is 8.26. The Balaban J connectivity index is 1.38. The topological polar surface area (TPSA) is 69.0 Å². The minimum Gasteiger partial charge on any atom is -0.457 e. The predicted octanol–water partition coefficient (Wildman–Crippen LogP) is 6.45. The van der Waals surface area contributed by atoms with E-state index in [-0.39, 0.29) is 5.91 Å². The first-order chi connectivity index (χ1) is 16.0. The molecule has 0 bridgehead atoms. The molecule has 0 saturated heterocycles. The lowest BCUT2D eigenvalue weighted by molar-refractivity contribution is 0.102. The van der Waals surface area contributed by atoms with Crippen LogP contribution in [-0.2, 0) is 0 Å². The molecule has 0 spiro atoms. The van der Waals surface area contributed by atoms with Crippen molar-refractivity contribution in [2.24, 2.45) is 0 Å². The summed E-state index contributed by atoms with van der Waals surface area (Å²) in [4.78, 5) is 17.7. The van der Waals surface area contributed by atoms with Crippen molar-refractivity contribution >= 4 is 33.3 Å². The smallest absolute Gasteiger partial charge is 0.256 e. The second-order valence-electron chi connectivity index (χ2n) is 7.90. The molecule has 0 fully saturated rings. The number of hydrogen-bond donors (Lipinski definition) is 1. The van der Waals surface area contributed by atoms with Crippen molar-refractivity contribution in [2.45, 2.75) is 20.8 Å². The number of rotatable bonds is 5. The van der Waals surface area contributed by atoms with Gasteiger partial charge in [0.05, 0.1) is 15.9 Å². The third-order valence-electron chi connectivity index (χ3n) is 5.17. The van der Waals surface area contributed by atoms with Crippen LogP contribution in [0.5, 0.6) is 11.5 Å². The van der Waals surface area contributed by atoms with Crippen LogP contribution in [0.15, 0.2) is 72.8 Å². The number of hydrogen-bond acceptors (Lipinski definition) is 5. The quantitative estimate of drug-likeness (QED) is 0.331. The third-order valence-corrected chi connectivity index (χ3v) is 6.15. The average Bonchev–Trinajstić information content (AvgIpc) is 3.38. The van der Waals surface area contributed by atoms with Gasteiger partial charge in [0, 0.05) is 11.6 Å². The van der Waals surface area contributed by atoms with Gasteiger partial charge in [0.1, 0.15) is 17.3 Å². The van der Waals surface area contributed by atoms with Crippen LogP contribution < -0.4 is 10.1 Å². The van der Waals surface area contributed by atoms with Crippen molar-refractivity contribution in [1.82, 2.24) is 14.8 Å². The maximum atomic E-state index is 12.9. The molecule has 0 unspecified atom stereocenters. The highest BCUT2D eigenvalue weighted by Crippen LogP contribution is 2.30. The first-order valence-corrected chi connectivity index (χ1v) is 11.4. The standard InChI is InChI=1S/C26H22N4O2S/c1-16-13-17(2)24-22(14-16)33-26(28-24)30-23(15-18(3)29-30)27-25(31)19-9-11-21(12-10-19)32-20-7-5-4-6-8-20/h4-15H,1-3H3,(H,27,31). The SMILES string of the molecule is Cc1cc(C)c2nc(-n3nc(C)cc3NC(=O)c3ccc(Oc4ccccc4)cc3)sc2c1. The molecule has 0 radical (unpaired) electrons. The molecule has 33 heavy (non-hydrogen) atoms. The Bertz CT molecular complexity index is 1450. The average molecular weight is 455 g/mol. The molecular formula is C26H22N4O2S. The van der Waals surface area contributed by atoms with Gasteiger partial charge in [-0.25, -0.2) is 4.98 Å². The van der Waals surface area contributed by atoms with Crippen molar-refractivity contribution in [3.05, 3.63) is 95.2 Å². The number of anilines is 1. The number of carbonyl (C=O) groups is 1. The highest BCUT2D eigenvalue weighted by molar-refractivity contribution is 7.20. The molecule has 5 rings (SSSR count). The van der Waals surface area contributed by atoms with Crippen LogP contribution in [0.25, 0.3) is 15.3 Å². The summed E-state index contributed by atoms with van der Waals surface area (Å²) in [5.74, 6) is 1.76. The maximum absolute atomic E-state index is 12.9. The van der Waals surface area contributed by atoms with Crippen molar-refractivity contribution in [3.8, 4) is 16.6 Å². The molecule has 7 heteroatoms. The number of aryl methyl sites for hydroxylation is 3. The number of nitrogens with zero attached hydrogens (tertiary/aromatic N) is 3. The van der Waals surface area contributed by atoms with E-state index in [4.69, 9.17) is 9.72 Å². The lowest BCUT2D eigenvalue weighted by atomic mass is 10.1. The Morgan fingerprint density at radius 3 is 2.42 bits per heavy atom. The Labute approximate surface area is 195 Å². The van der Waals surface area contributed by atoms with Gasteiger partial charge in [0.25, 0.3) is 5.91 Å². The molecule has 0 aliphatic carbocycles. The molecule has 0 atom stereocenters. The summed E-state index contributed by atoms with van der Waals surface area (Å²) in [5.41, 5.74) is 4.60. The van der Waals surface area contributed by atoms with Gasteiger partial charge in [-0.15, -0.1) is 0 Å². The van der Waals surface area contributed by atoms with Gasteiger partial charge in [0.2, 0.25) is 5.13 Å². The molecule has 164 valence electrons. The summed E-state index contributed by atoms with van der Waals surface area (Å²) >= 11 is 1.55. The van der Waals surface area contributed by atoms with E-state index < -0.39 is 0 Å². The van der Waals surface area contributed by atoms with Crippen LogP contribution in [0, 0.1) is 20.8 Å². The number of para-hydroxylation sites is 1. The number of benzene rings is 3. The third kappa shape index (κ3) is 4.36. The minimum absolute atomic E-state index is 0.226. The summed E-state index contributed by atoms with van der Waals surface area (Å²) in [6.45, 7) is 6.03. The molecule has 2 heterocycles. The highest BCUT2D eigenvalue weighted by Gasteiger charge is 2.16. The molecule has 5 aromatic rings.